The van der Waals surface area contributed by atoms with Gasteiger partial charge in [0.05, 0.1) is 17.6 Å². The highest BCUT2D eigenvalue weighted by atomic mass is 16.4. The molecule has 194 valence electrons. The molecule has 4 heteroatoms. The first kappa shape index (κ1) is 26.2. The fourth-order valence-electron chi connectivity index (χ4n) is 9.61. The molecular formula is C30H50O4. The highest BCUT2D eigenvalue weighted by Crippen LogP contribution is 2.72. The second-order valence-corrected chi connectivity index (χ2v) is 14.4. The number of fused-ring (bicyclic) bond motifs is 4. The number of aliphatic hydroxyl groups is 2. The van der Waals surface area contributed by atoms with E-state index in [-0.39, 0.29) is 39.6 Å². The molecule has 0 aromatic rings. The Labute approximate surface area is 207 Å². The number of hydrogen-bond donors (Lipinski definition) is 3. The Morgan fingerprint density at radius 2 is 1.68 bits per heavy atom. The average Bonchev–Trinajstić information content (AvgIpc) is 2.99. The minimum absolute atomic E-state index is 0.0104. The number of hydrogen-bond acceptors (Lipinski definition) is 3. The van der Waals surface area contributed by atoms with Crippen LogP contribution in [0.25, 0.3) is 0 Å². The lowest BCUT2D eigenvalue weighted by atomic mass is 9.43. The van der Waals surface area contributed by atoms with Crippen molar-refractivity contribution in [2.75, 3.05) is 0 Å². The molecule has 0 aliphatic heterocycles. The summed E-state index contributed by atoms with van der Waals surface area (Å²) in [6.07, 6.45) is 10.3. The summed E-state index contributed by atoms with van der Waals surface area (Å²) in [4.78, 5) is 12.5. The van der Waals surface area contributed by atoms with E-state index in [1.54, 1.807) is 11.1 Å². The van der Waals surface area contributed by atoms with Crippen molar-refractivity contribution in [3.63, 3.8) is 0 Å². The molecule has 3 unspecified atom stereocenters. The van der Waals surface area contributed by atoms with E-state index in [0.717, 1.165) is 57.8 Å². The maximum atomic E-state index is 12.5. The Morgan fingerprint density at radius 1 is 1.00 bits per heavy atom. The standard InChI is InChI=1S/C30H50O4/c1-26(2,34)15-8-9-19(25(32)33)20-12-17-30(7)22-10-11-23-27(3,4)24(31)14-16-28(23,5)21(22)13-18-29(20,30)6/h19-20,23-24,31,34H,8-18H2,1-7H3,(H,32,33)/t19-,20-,23?,24?,28?,29-,30+/m1/s1. The number of carbonyl (C=O) groups is 1. The maximum absolute atomic E-state index is 12.5. The molecule has 0 aromatic heterocycles. The lowest BCUT2D eigenvalue weighted by Crippen LogP contribution is -2.55. The molecule has 4 aliphatic carbocycles. The average molecular weight is 475 g/mol. The lowest BCUT2D eigenvalue weighted by Gasteiger charge is -2.62. The Hall–Kier alpha value is -0.870. The Balaban J connectivity index is 1.65. The van der Waals surface area contributed by atoms with Gasteiger partial charge >= 0.3 is 5.97 Å². The summed E-state index contributed by atoms with van der Waals surface area (Å²) >= 11 is 0. The Kier molecular flexibility index (Phi) is 6.42. The lowest BCUT2D eigenvalue weighted by molar-refractivity contribution is -0.147. The fraction of sp³-hybridized carbons (Fsp3) is 0.900. The van der Waals surface area contributed by atoms with Crippen molar-refractivity contribution in [2.24, 2.45) is 39.4 Å². The van der Waals surface area contributed by atoms with Gasteiger partial charge in [0, 0.05) is 0 Å². The molecule has 0 radical (unpaired) electrons. The van der Waals surface area contributed by atoms with E-state index >= 15 is 0 Å². The third kappa shape index (κ3) is 3.81. The van der Waals surface area contributed by atoms with Gasteiger partial charge in [-0.25, -0.2) is 0 Å². The monoisotopic (exact) mass is 474 g/mol. The van der Waals surface area contributed by atoms with Crippen LogP contribution in [0.2, 0.25) is 0 Å². The van der Waals surface area contributed by atoms with Gasteiger partial charge in [-0.1, -0.05) is 45.8 Å². The largest absolute Gasteiger partial charge is 0.481 e. The summed E-state index contributed by atoms with van der Waals surface area (Å²) < 4.78 is 0. The van der Waals surface area contributed by atoms with Crippen LogP contribution in [-0.2, 0) is 4.79 Å². The predicted octanol–water partition coefficient (Wildman–Crippen LogP) is 6.74. The third-order valence-electron chi connectivity index (χ3n) is 11.9. The van der Waals surface area contributed by atoms with Crippen molar-refractivity contribution in [1.82, 2.24) is 0 Å². The van der Waals surface area contributed by atoms with Crippen LogP contribution in [0.4, 0.5) is 0 Å². The van der Waals surface area contributed by atoms with Gasteiger partial charge in [-0.3, -0.25) is 4.79 Å². The summed E-state index contributed by atoms with van der Waals surface area (Å²) in [7, 11) is 0. The van der Waals surface area contributed by atoms with Crippen molar-refractivity contribution >= 4 is 5.97 Å². The van der Waals surface area contributed by atoms with Crippen LogP contribution < -0.4 is 0 Å². The molecule has 3 N–H and O–H groups in total. The third-order valence-corrected chi connectivity index (χ3v) is 11.9. The van der Waals surface area contributed by atoms with E-state index in [2.05, 4.69) is 34.6 Å². The van der Waals surface area contributed by atoms with Crippen molar-refractivity contribution in [2.45, 2.75) is 131 Å². The second kappa shape index (κ2) is 8.33. The minimum atomic E-state index is -0.739. The molecule has 2 fully saturated rings. The summed E-state index contributed by atoms with van der Waals surface area (Å²) in [6.45, 7) is 15.5. The van der Waals surface area contributed by atoms with Crippen molar-refractivity contribution in [3.8, 4) is 0 Å². The highest BCUT2D eigenvalue weighted by molar-refractivity contribution is 5.70. The van der Waals surface area contributed by atoms with Crippen molar-refractivity contribution < 1.29 is 20.1 Å². The van der Waals surface area contributed by atoms with Crippen LogP contribution in [0.1, 0.15) is 119 Å². The van der Waals surface area contributed by atoms with Gasteiger partial charge < -0.3 is 15.3 Å². The van der Waals surface area contributed by atoms with E-state index in [9.17, 15) is 20.1 Å². The number of rotatable bonds is 6. The number of aliphatic carboxylic acids is 1. The van der Waals surface area contributed by atoms with E-state index in [1.165, 1.54) is 0 Å². The number of allylic oxidation sites excluding steroid dienone is 2. The fourth-order valence-corrected chi connectivity index (χ4v) is 9.61. The Morgan fingerprint density at radius 3 is 2.29 bits per heavy atom. The summed E-state index contributed by atoms with van der Waals surface area (Å²) in [5.74, 6) is -0.265. The van der Waals surface area contributed by atoms with E-state index in [1.807, 2.05) is 13.8 Å². The maximum Gasteiger partial charge on any atom is 0.306 e. The number of carboxylic acid groups (broad SMARTS) is 1. The van der Waals surface area contributed by atoms with Crippen molar-refractivity contribution in [1.29, 1.82) is 0 Å². The number of aliphatic hydroxyl groups excluding tert-OH is 1. The van der Waals surface area contributed by atoms with Gasteiger partial charge in [-0.05, 0) is 118 Å². The first-order chi connectivity index (χ1) is 15.6. The zero-order valence-corrected chi connectivity index (χ0v) is 22.8. The van der Waals surface area contributed by atoms with Crippen molar-refractivity contribution in [3.05, 3.63) is 11.1 Å². The number of carboxylic acids is 1. The normalized spacial score (nSPS) is 42.6. The van der Waals surface area contributed by atoms with Crippen LogP contribution in [0.15, 0.2) is 11.1 Å². The molecule has 0 saturated heterocycles. The predicted molar refractivity (Wildman–Crippen MR) is 136 cm³/mol. The molecule has 0 bridgehead atoms. The molecule has 34 heavy (non-hydrogen) atoms. The molecule has 7 atom stereocenters. The van der Waals surface area contributed by atoms with Crippen LogP contribution in [0.5, 0.6) is 0 Å². The molecular weight excluding hydrogens is 424 g/mol. The van der Waals surface area contributed by atoms with E-state index in [0.29, 0.717) is 18.8 Å². The summed E-state index contributed by atoms with van der Waals surface area (Å²) in [6, 6.07) is 0. The SMILES string of the molecule is CC(C)(O)CCC[C@@H](C(=O)O)[C@H]1CC[C@@]2(C)C3=C(CC[C@]12C)C1(C)CCC(O)C(C)(C)C1CC3. The highest BCUT2D eigenvalue weighted by Gasteiger charge is 2.64. The van der Waals surface area contributed by atoms with E-state index in [4.69, 9.17) is 0 Å². The topological polar surface area (TPSA) is 77.8 Å². The molecule has 2 saturated carbocycles. The zero-order valence-electron chi connectivity index (χ0n) is 22.8. The molecule has 0 aromatic carbocycles. The van der Waals surface area contributed by atoms with E-state index < -0.39 is 11.6 Å². The molecule has 0 amide bonds. The van der Waals surface area contributed by atoms with Gasteiger partial charge in [0.25, 0.3) is 0 Å². The first-order valence-electron chi connectivity index (χ1n) is 13.9. The zero-order chi connectivity index (χ0) is 25.3. The van der Waals surface area contributed by atoms with Gasteiger partial charge in [-0.2, -0.15) is 0 Å². The molecule has 0 spiro atoms. The van der Waals surface area contributed by atoms with Crippen LogP contribution >= 0.6 is 0 Å². The quantitative estimate of drug-likeness (QED) is 0.373. The molecule has 0 heterocycles. The minimum Gasteiger partial charge on any atom is -0.481 e. The van der Waals surface area contributed by atoms with Gasteiger partial charge in [-0.15, -0.1) is 0 Å². The Bertz CT molecular complexity index is 850. The molecule has 4 rings (SSSR count). The smallest absolute Gasteiger partial charge is 0.306 e. The van der Waals surface area contributed by atoms with Gasteiger partial charge in [0.15, 0.2) is 0 Å². The van der Waals surface area contributed by atoms with Crippen LogP contribution in [0.3, 0.4) is 0 Å². The summed E-state index contributed by atoms with van der Waals surface area (Å²) in [5.41, 5.74) is 2.79. The second-order valence-electron chi connectivity index (χ2n) is 14.4. The van der Waals surface area contributed by atoms with Gasteiger partial charge in [0.2, 0.25) is 0 Å². The van der Waals surface area contributed by atoms with Gasteiger partial charge in [0.1, 0.15) is 0 Å². The first-order valence-corrected chi connectivity index (χ1v) is 13.9. The van der Waals surface area contributed by atoms with Crippen LogP contribution in [0, 0.1) is 39.4 Å². The van der Waals surface area contributed by atoms with Crippen LogP contribution in [-0.4, -0.2) is 33.0 Å². The molecule has 4 aliphatic rings. The summed E-state index contributed by atoms with van der Waals surface area (Å²) in [5, 5.41) is 31.2. The molecule has 4 nitrogen and oxygen atoms in total.